The first-order valence-electron chi connectivity index (χ1n) is 4.57. The fourth-order valence-electron chi connectivity index (χ4n) is 1.10. The summed E-state index contributed by atoms with van der Waals surface area (Å²) in [5.41, 5.74) is 0.196. The van der Waals surface area contributed by atoms with E-state index in [4.69, 9.17) is 9.84 Å². The maximum absolute atomic E-state index is 10.6. The van der Waals surface area contributed by atoms with Crippen molar-refractivity contribution in [1.29, 1.82) is 0 Å². The van der Waals surface area contributed by atoms with E-state index < -0.39 is 10.9 Å². The predicted molar refractivity (Wildman–Crippen MR) is 58.8 cm³/mol. The highest BCUT2D eigenvalue weighted by Crippen LogP contribution is 2.21. The number of benzene rings is 1. The van der Waals surface area contributed by atoms with Gasteiger partial charge in [0.2, 0.25) is 0 Å². The number of nitrogens with zero attached hydrogens (tertiary/aromatic N) is 1. The number of methoxy groups -OCH3 is 1. The molecule has 0 aliphatic rings. The first kappa shape index (κ1) is 12.5. The Morgan fingerprint density at radius 2 is 2.24 bits per heavy atom. The van der Waals surface area contributed by atoms with Gasteiger partial charge in [0.15, 0.2) is 0 Å². The Hall–Kier alpha value is -2.55. The van der Waals surface area contributed by atoms with E-state index in [2.05, 4.69) is 11.8 Å². The molecular weight excluding hydrogens is 226 g/mol. The molecule has 0 saturated carbocycles. The van der Waals surface area contributed by atoms with Gasteiger partial charge in [0.1, 0.15) is 12.2 Å². The van der Waals surface area contributed by atoms with Gasteiger partial charge in [-0.3, -0.25) is 14.9 Å². The zero-order valence-corrected chi connectivity index (χ0v) is 8.97. The van der Waals surface area contributed by atoms with Crippen LogP contribution in [0, 0.1) is 22.0 Å². The average Bonchev–Trinajstić information content (AvgIpc) is 2.28. The number of ether oxygens (including phenoxy) is 1. The van der Waals surface area contributed by atoms with Gasteiger partial charge in [-0.1, -0.05) is 11.8 Å². The molecule has 0 aliphatic heterocycles. The molecule has 1 aromatic carbocycles. The molecule has 0 bridgehead atoms. The van der Waals surface area contributed by atoms with Crippen LogP contribution in [0.15, 0.2) is 18.2 Å². The van der Waals surface area contributed by atoms with Crippen LogP contribution in [0.5, 0.6) is 5.75 Å². The van der Waals surface area contributed by atoms with Gasteiger partial charge < -0.3 is 9.84 Å². The summed E-state index contributed by atoms with van der Waals surface area (Å²) in [6.45, 7) is 0. The van der Waals surface area contributed by atoms with Crippen LogP contribution in [0.2, 0.25) is 0 Å². The molecule has 0 aliphatic carbocycles. The Bertz CT molecular complexity index is 512. The fourth-order valence-corrected chi connectivity index (χ4v) is 1.10. The number of rotatable bonds is 3. The number of non-ortho nitro benzene ring substituents is 1. The van der Waals surface area contributed by atoms with Crippen molar-refractivity contribution in [1.82, 2.24) is 0 Å². The molecule has 0 fully saturated rings. The van der Waals surface area contributed by atoms with Crippen LogP contribution in [0.4, 0.5) is 5.69 Å². The van der Waals surface area contributed by atoms with Crippen LogP contribution in [-0.4, -0.2) is 23.1 Å². The molecule has 1 N–H and O–H groups in total. The number of carboxylic acid groups (broad SMARTS) is 1. The molecule has 6 heteroatoms. The molecule has 0 heterocycles. The smallest absolute Gasteiger partial charge is 0.315 e. The number of carboxylic acids is 1. The van der Waals surface area contributed by atoms with Gasteiger partial charge in [-0.15, -0.1) is 0 Å². The summed E-state index contributed by atoms with van der Waals surface area (Å²) in [6.07, 6.45) is -0.314. The highest BCUT2D eigenvalue weighted by Gasteiger charge is 2.08. The molecule has 0 amide bonds. The lowest BCUT2D eigenvalue weighted by Gasteiger charge is -2.00. The summed E-state index contributed by atoms with van der Waals surface area (Å²) in [5.74, 6) is 4.18. The van der Waals surface area contributed by atoms with Crippen LogP contribution in [-0.2, 0) is 4.79 Å². The van der Waals surface area contributed by atoms with E-state index in [0.29, 0.717) is 11.3 Å². The van der Waals surface area contributed by atoms with Crippen molar-refractivity contribution in [2.45, 2.75) is 6.42 Å². The molecule has 0 saturated heterocycles. The molecule has 17 heavy (non-hydrogen) atoms. The second kappa shape index (κ2) is 5.51. The van der Waals surface area contributed by atoms with Gasteiger partial charge in [-0.25, -0.2) is 0 Å². The minimum Gasteiger partial charge on any atom is -0.496 e. The predicted octanol–water partition coefficient (Wildman–Crippen LogP) is 1.43. The Labute approximate surface area is 97.0 Å². The summed E-state index contributed by atoms with van der Waals surface area (Å²) in [5, 5.41) is 19.0. The first-order chi connectivity index (χ1) is 8.02. The third kappa shape index (κ3) is 3.83. The molecule has 1 aromatic rings. The van der Waals surface area contributed by atoms with Crippen molar-refractivity contribution in [3.05, 3.63) is 33.9 Å². The van der Waals surface area contributed by atoms with Gasteiger partial charge in [-0.2, -0.15) is 0 Å². The lowest BCUT2D eigenvalue weighted by molar-refractivity contribution is -0.384. The van der Waals surface area contributed by atoms with E-state index in [-0.39, 0.29) is 12.1 Å². The van der Waals surface area contributed by atoms with Crippen LogP contribution in [0.25, 0.3) is 0 Å². The van der Waals surface area contributed by atoms with Gasteiger partial charge >= 0.3 is 5.97 Å². The number of carbonyl (C=O) groups is 1. The van der Waals surface area contributed by atoms with Gasteiger partial charge in [0.05, 0.1) is 18.1 Å². The van der Waals surface area contributed by atoms with Crippen LogP contribution in [0.1, 0.15) is 12.0 Å². The van der Waals surface area contributed by atoms with Crippen molar-refractivity contribution in [2.75, 3.05) is 7.11 Å². The first-order valence-corrected chi connectivity index (χ1v) is 4.57. The Morgan fingerprint density at radius 3 is 2.76 bits per heavy atom. The number of nitro benzene ring substituents is 1. The van der Waals surface area contributed by atoms with E-state index in [0.717, 1.165) is 0 Å². The summed E-state index contributed by atoms with van der Waals surface area (Å²) in [6, 6.07) is 4.03. The zero-order chi connectivity index (χ0) is 12.8. The quantitative estimate of drug-likeness (QED) is 0.486. The molecule has 0 spiro atoms. The Kier molecular flexibility index (Phi) is 4.06. The molecule has 0 unspecified atom stereocenters. The molecule has 0 aromatic heterocycles. The topological polar surface area (TPSA) is 89.7 Å². The minimum absolute atomic E-state index is 0.149. The number of nitro groups is 1. The van der Waals surface area contributed by atoms with E-state index in [1.54, 1.807) is 0 Å². The molecule has 1 rings (SSSR count). The highest BCUT2D eigenvalue weighted by atomic mass is 16.6. The normalized spacial score (nSPS) is 9.00. The van der Waals surface area contributed by atoms with Crippen molar-refractivity contribution < 1.29 is 19.6 Å². The molecule has 0 radical (unpaired) electrons. The van der Waals surface area contributed by atoms with Crippen LogP contribution < -0.4 is 4.74 Å². The van der Waals surface area contributed by atoms with E-state index >= 15 is 0 Å². The standard InChI is InChI=1S/C11H9NO5/c1-17-10-6-8(3-2-4-11(13)14)5-9(7-10)12(15)16/h5-7H,4H2,1H3,(H,13,14). The average molecular weight is 235 g/mol. The van der Waals surface area contributed by atoms with Crippen molar-refractivity contribution in [3.8, 4) is 17.6 Å². The zero-order valence-electron chi connectivity index (χ0n) is 8.97. The molecule has 0 atom stereocenters. The third-order valence-electron chi connectivity index (χ3n) is 1.81. The summed E-state index contributed by atoms with van der Waals surface area (Å²) < 4.78 is 4.88. The maximum Gasteiger partial charge on any atom is 0.315 e. The lowest BCUT2D eigenvalue weighted by atomic mass is 10.2. The second-order valence-electron chi connectivity index (χ2n) is 3.05. The van der Waals surface area contributed by atoms with Crippen LogP contribution >= 0.6 is 0 Å². The van der Waals surface area contributed by atoms with Crippen molar-refractivity contribution in [2.24, 2.45) is 0 Å². The fraction of sp³-hybridized carbons (Fsp3) is 0.182. The molecular formula is C11H9NO5. The monoisotopic (exact) mass is 235 g/mol. The minimum atomic E-state index is -1.05. The van der Waals surface area contributed by atoms with Crippen molar-refractivity contribution >= 4 is 11.7 Å². The Morgan fingerprint density at radius 1 is 1.53 bits per heavy atom. The van der Waals surface area contributed by atoms with Gasteiger partial charge in [0.25, 0.3) is 5.69 Å². The molecule has 88 valence electrons. The van der Waals surface area contributed by atoms with E-state index in [1.807, 2.05) is 0 Å². The summed E-state index contributed by atoms with van der Waals surface area (Å²) in [4.78, 5) is 20.3. The summed E-state index contributed by atoms with van der Waals surface area (Å²) >= 11 is 0. The van der Waals surface area contributed by atoms with Crippen LogP contribution in [0.3, 0.4) is 0 Å². The van der Waals surface area contributed by atoms with E-state index in [1.165, 1.54) is 25.3 Å². The Balaban J connectivity index is 3.05. The third-order valence-corrected chi connectivity index (χ3v) is 1.81. The number of hydrogen-bond donors (Lipinski definition) is 1. The number of aliphatic carboxylic acids is 1. The summed E-state index contributed by atoms with van der Waals surface area (Å²) in [7, 11) is 1.38. The van der Waals surface area contributed by atoms with Crippen molar-refractivity contribution in [3.63, 3.8) is 0 Å². The lowest BCUT2D eigenvalue weighted by Crippen LogP contribution is -1.92. The SMILES string of the molecule is COc1cc(C#CCC(=O)O)cc([N+](=O)[O-])c1. The molecule has 6 nitrogen and oxygen atoms in total. The van der Waals surface area contributed by atoms with Gasteiger partial charge in [-0.05, 0) is 6.07 Å². The van der Waals surface area contributed by atoms with Gasteiger partial charge in [0, 0.05) is 11.6 Å². The number of hydrogen-bond acceptors (Lipinski definition) is 4. The largest absolute Gasteiger partial charge is 0.496 e. The second-order valence-corrected chi connectivity index (χ2v) is 3.05. The highest BCUT2D eigenvalue weighted by molar-refractivity contribution is 5.70. The van der Waals surface area contributed by atoms with E-state index in [9.17, 15) is 14.9 Å². The maximum atomic E-state index is 10.6.